The summed E-state index contributed by atoms with van der Waals surface area (Å²) in [4.78, 5) is 52.4. The lowest BCUT2D eigenvalue weighted by Crippen LogP contribution is -2.42. The van der Waals surface area contributed by atoms with Crippen molar-refractivity contribution in [3.05, 3.63) is 116 Å². The first kappa shape index (κ1) is 27.3. The first-order valence-corrected chi connectivity index (χ1v) is 12.7. The summed E-state index contributed by atoms with van der Waals surface area (Å²) >= 11 is 0. The Balaban J connectivity index is 1.61. The van der Waals surface area contributed by atoms with Crippen LogP contribution in [-0.4, -0.2) is 41.8 Å². The fraction of sp³-hybridized carbons (Fsp3) is 0.226. The summed E-state index contributed by atoms with van der Waals surface area (Å²) in [6.45, 7) is 1.97. The van der Waals surface area contributed by atoms with Gasteiger partial charge in [0.1, 0.15) is 11.4 Å². The summed E-state index contributed by atoms with van der Waals surface area (Å²) in [5.41, 5.74) is 0.466. The number of phenols is 1. The number of Topliss-reactive ketones (excluding diaryl/α,β-unsaturated/α-hetero) is 1. The highest BCUT2D eigenvalue weighted by atomic mass is 16.3. The van der Waals surface area contributed by atoms with Gasteiger partial charge in [0.15, 0.2) is 11.5 Å². The number of phenolic OH excluding ortho intramolecular Hbond substituents is 1. The van der Waals surface area contributed by atoms with Crippen LogP contribution in [0.1, 0.15) is 40.7 Å². The number of aromatic hydroxyl groups is 1. The zero-order valence-electron chi connectivity index (χ0n) is 22.1. The molecule has 1 amide bonds. The second-order valence-electron chi connectivity index (χ2n) is 9.80. The van der Waals surface area contributed by atoms with E-state index < -0.39 is 22.8 Å². The minimum atomic E-state index is -0.773. The van der Waals surface area contributed by atoms with Gasteiger partial charge in [0.2, 0.25) is 0 Å². The third-order valence-corrected chi connectivity index (χ3v) is 6.71. The number of nitrogens with zero attached hydrogens (tertiary/aromatic N) is 1. The maximum atomic E-state index is 13.5. The molecule has 39 heavy (non-hydrogen) atoms. The molecule has 4 rings (SSSR count). The van der Waals surface area contributed by atoms with Crippen LogP contribution in [0.15, 0.2) is 88.5 Å². The van der Waals surface area contributed by atoms with Crippen LogP contribution in [0.2, 0.25) is 0 Å². The highest BCUT2D eigenvalue weighted by molar-refractivity contribution is 5.99. The van der Waals surface area contributed by atoms with E-state index in [1.165, 1.54) is 17.0 Å². The van der Waals surface area contributed by atoms with Gasteiger partial charge in [0.05, 0.1) is 17.3 Å². The van der Waals surface area contributed by atoms with Crippen molar-refractivity contribution in [1.29, 1.82) is 0 Å². The first-order valence-electron chi connectivity index (χ1n) is 12.7. The van der Waals surface area contributed by atoms with Gasteiger partial charge in [0, 0.05) is 20.5 Å². The number of benzene rings is 3. The molecule has 8 heteroatoms. The highest BCUT2D eigenvalue weighted by Gasteiger charge is 2.29. The molecule has 0 heterocycles. The molecule has 2 atom stereocenters. The maximum Gasteiger partial charge on any atom is 0.257 e. The average Bonchev–Trinajstić information content (AvgIpc) is 2.95. The molecular weight excluding hydrogens is 494 g/mol. The molecule has 0 radical (unpaired) electrons. The van der Waals surface area contributed by atoms with Crippen LogP contribution in [0, 0.1) is 0 Å². The predicted octanol–water partition coefficient (Wildman–Crippen LogP) is 4.22. The molecule has 200 valence electrons. The average molecular weight is 526 g/mol. The summed E-state index contributed by atoms with van der Waals surface area (Å²) < 4.78 is 0. The number of rotatable bonds is 11. The van der Waals surface area contributed by atoms with Gasteiger partial charge in [-0.05, 0) is 35.6 Å². The zero-order valence-corrected chi connectivity index (χ0v) is 22.1. The molecule has 4 aromatic rings. The number of hydrogen-bond donors (Lipinski definition) is 3. The second kappa shape index (κ2) is 11.8. The number of anilines is 3. The van der Waals surface area contributed by atoms with E-state index in [1.807, 2.05) is 67.6 Å². The standard InChI is InChI=1S/C31H31N3O5/c1-19(21-13-8-5-9-14-21)17-25(35)24(18-20-11-6-4-7-12-20)33-27-26(29(37)30(27)38)32-23-16-10-15-22(28(23)36)31(39)34(2)3/h4-16,19,24,32-33,36H,17-18H2,1-3H3/t19-,24+/m0/s1. The van der Waals surface area contributed by atoms with Gasteiger partial charge in [-0.1, -0.05) is 73.7 Å². The summed E-state index contributed by atoms with van der Waals surface area (Å²) in [6.07, 6.45) is 0.555. The van der Waals surface area contributed by atoms with Gasteiger partial charge in [0.25, 0.3) is 16.8 Å². The Morgan fingerprint density at radius 3 is 2.10 bits per heavy atom. The molecule has 0 aromatic heterocycles. The summed E-state index contributed by atoms with van der Waals surface area (Å²) in [7, 11) is 3.12. The monoisotopic (exact) mass is 525 g/mol. The third-order valence-electron chi connectivity index (χ3n) is 6.71. The van der Waals surface area contributed by atoms with Crippen LogP contribution in [-0.2, 0) is 11.2 Å². The molecular formula is C31H31N3O5. The number of ketones is 1. The van der Waals surface area contributed by atoms with Crippen LogP contribution < -0.4 is 21.5 Å². The molecule has 0 spiro atoms. The summed E-state index contributed by atoms with van der Waals surface area (Å²) in [5, 5.41) is 16.5. The Labute approximate surface area is 226 Å². The minimum absolute atomic E-state index is 0.0228. The minimum Gasteiger partial charge on any atom is -0.505 e. The smallest absolute Gasteiger partial charge is 0.257 e. The van der Waals surface area contributed by atoms with Crippen molar-refractivity contribution in [2.24, 2.45) is 0 Å². The van der Waals surface area contributed by atoms with E-state index in [2.05, 4.69) is 10.6 Å². The van der Waals surface area contributed by atoms with Crippen molar-refractivity contribution in [3.63, 3.8) is 0 Å². The second-order valence-corrected chi connectivity index (χ2v) is 9.80. The van der Waals surface area contributed by atoms with Gasteiger partial charge in [-0.2, -0.15) is 0 Å². The van der Waals surface area contributed by atoms with E-state index in [0.717, 1.165) is 11.1 Å². The highest BCUT2D eigenvalue weighted by Crippen LogP contribution is 2.32. The lowest BCUT2D eigenvalue weighted by molar-refractivity contribution is -0.120. The van der Waals surface area contributed by atoms with Gasteiger partial charge in [-0.3, -0.25) is 19.2 Å². The molecule has 0 aliphatic carbocycles. The fourth-order valence-electron chi connectivity index (χ4n) is 4.45. The van der Waals surface area contributed by atoms with E-state index in [-0.39, 0.29) is 46.5 Å². The van der Waals surface area contributed by atoms with Crippen LogP contribution in [0.5, 0.6) is 5.75 Å². The van der Waals surface area contributed by atoms with Crippen LogP contribution >= 0.6 is 0 Å². The molecule has 0 fully saturated rings. The van der Waals surface area contributed by atoms with Crippen molar-refractivity contribution in [2.75, 3.05) is 24.7 Å². The Hall–Kier alpha value is -4.72. The molecule has 0 aliphatic rings. The van der Waals surface area contributed by atoms with Gasteiger partial charge < -0.3 is 20.6 Å². The van der Waals surface area contributed by atoms with Crippen LogP contribution in [0.25, 0.3) is 0 Å². The summed E-state index contributed by atoms with van der Waals surface area (Å²) in [6, 6.07) is 22.9. The van der Waals surface area contributed by atoms with Crippen molar-refractivity contribution >= 4 is 28.8 Å². The van der Waals surface area contributed by atoms with Crippen molar-refractivity contribution < 1.29 is 14.7 Å². The van der Waals surface area contributed by atoms with E-state index in [9.17, 15) is 24.3 Å². The van der Waals surface area contributed by atoms with Crippen molar-refractivity contribution in [3.8, 4) is 5.75 Å². The first-order chi connectivity index (χ1) is 18.7. The van der Waals surface area contributed by atoms with E-state index >= 15 is 0 Å². The van der Waals surface area contributed by atoms with Gasteiger partial charge in [-0.15, -0.1) is 0 Å². The Morgan fingerprint density at radius 2 is 1.46 bits per heavy atom. The number of carbonyl (C=O) groups is 2. The van der Waals surface area contributed by atoms with Crippen molar-refractivity contribution in [2.45, 2.75) is 31.7 Å². The Morgan fingerprint density at radius 1 is 0.846 bits per heavy atom. The largest absolute Gasteiger partial charge is 0.505 e. The normalized spacial score (nSPS) is 12.5. The molecule has 4 aromatic carbocycles. The topological polar surface area (TPSA) is 116 Å². The Kier molecular flexibility index (Phi) is 8.24. The molecule has 0 saturated carbocycles. The number of para-hydroxylation sites is 1. The maximum absolute atomic E-state index is 13.5. The van der Waals surface area contributed by atoms with Crippen LogP contribution in [0.4, 0.5) is 17.1 Å². The molecule has 3 N–H and O–H groups in total. The molecule has 0 aliphatic heterocycles. The SMILES string of the molecule is C[C@@H](CC(=O)[C@@H](Cc1ccccc1)Nc1c(Nc2cccc(C(=O)N(C)C)c2O)c(=O)c1=O)c1ccccc1. The summed E-state index contributed by atoms with van der Waals surface area (Å²) in [5.74, 6) is -0.905. The number of hydrogen-bond acceptors (Lipinski definition) is 7. The van der Waals surface area contributed by atoms with E-state index in [4.69, 9.17) is 0 Å². The van der Waals surface area contributed by atoms with Crippen LogP contribution in [0.3, 0.4) is 0 Å². The third kappa shape index (κ3) is 6.06. The predicted molar refractivity (Wildman–Crippen MR) is 153 cm³/mol. The lowest BCUT2D eigenvalue weighted by Gasteiger charge is -2.24. The molecule has 0 unspecified atom stereocenters. The zero-order chi connectivity index (χ0) is 28.1. The number of amides is 1. The molecule has 0 bridgehead atoms. The lowest BCUT2D eigenvalue weighted by atomic mass is 9.91. The van der Waals surface area contributed by atoms with E-state index in [0.29, 0.717) is 6.42 Å². The van der Waals surface area contributed by atoms with E-state index in [1.54, 1.807) is 20.2 Å². The quantitative estimate of drug-likeness (QED) is 0.198. The number of carbonyl (C=O) groups excluding carboxylic acids is 2. The van der Waals surface area contributed by atoms with Gasteiger partial charge in [-0.25, -0.2) is 0 Å². The van der Waals surface area contributed by atoms with Crippen molar-refractivity contribution in [1.82, 2.24) is 4.90 Å². The molecule has 8 nitrogen and oxygen atoms in total. The van der Waals surface area contributed by atoms with Gasteiger partial charge >= 0.3 is 0 Å². The number of nitrogens with one attached hydrogen (secondary N) is 2. The Bertz CT molecular complexity index is 1540. The molecule has 0 saturated heterocycles. The fourth-order valence-corrected chi connectivity index (χ4v) is 4.45.